The van der Waals surface area contributed by atoms with E-state index in [-0.39, 0.29) is 28.1 Å². The maximum absolute atomic E-state index is 14.0. The number of nitro groups is 1. The number of para-hydroxylation sites is 3. The summed E-state index contributed by atoms with van der Waals surface area (Å²) in [6.07, 6.45) is 2.83. The Balaban J connectivity index is 1.50. The average Bonchev–Trinajstić information content (AvgIpc) is 3.25. The van der Waals surface area contributed by atoms with Crippen molar-refractivity contribution in [1.82, 2.24) is 9.55 Å². The zero-order chi connectivity index (χ0) is 27.0. The number of rotatable bonds is 6. The number of anilines is 1. The summed E-state index contributed by atoms with van der Waals surface area (Å²) in [5, 5.41) is 15.0. The molecule has 10 heteroatoms. The molecule has 0 radical (unpaired) electrons. The van der Waals surface area contributed by atoms with Gasteiger partial charge in [0.05, 0.1) is 21.7 Å². The van der Waals surface area contributed by atoms with Gasteiger partial charge in [0.2, 0.25) is 5.91 Å². The van der Waals surface area contributed by atoms with Gasteiger partial charge in [0.25, 0.3) is 11.2 Å². The lowest BCUT2D eigenvalue weighted by Gasteiger charge is -2.33. The van der Waals surface area contributed by atoms with E-state index >= 15 is 0 Å². The quantitative estimate of drug-likeness (QED) is 0.132. The van der Waals surface area contributed by atoms with Crippen LogP contribution in [0, 0.1) is 21.4 Å². The standard InChI is InChI=1S/C28H28N4O4S2/c1-28(2,3)17-13-14-19-22(15-17)38-25-24(19)26(34)31(18-9-5-4-6-10-18)27(30-25)37-16-23(33)29-20-11-7-8-12-21(20)32(35)36/h4-12,17H,13-16H2,1-3H3,(H,29,33). The number of benzene rings is 2. The fourth-order valence-corrected chi connectivity index (χ4v) is 7.06. The Bertz CT molecular complexity index is 1590. The maximum Gasteiger partial charge on any atom is 0.292 e. The Morgan fingerprint density at radius 1 is 1.18 bits per heavy atom. The van der Waals surface area contributed by atoms with Crippen molar-refractivity contribution in [2.75, 3.05) is 11.1 Å². The summed E-state index contributed by atoms with van der Waals surface area (Å²) in [5.41, 5.74) is 1.80. The van der Waals surface area contributed by atoms with Gasteiger partial charge in [-0.1, -0.05) is 62.9 Å². The molecule has 8 nitrogen and oxygen atoms in total. The predicted molar refractivity (Wildman–Crippen MR) is 153 cm³/mol. The number of hydrogen-bond donors (Lipinski definition) is 1. The lowest BCUT2D eigenvalue weighted by Crippen LogP contribution is -2.27. The monoisotopic (exact) mass is 548 g/mol. The number of thiophene rings is 1. The summed E-state index contributed by atoms with van der Waals surface area (Å²) in [7, 11) is 0. The van der Waals surface area contributed by atoms with Gasteiger partial charge in [-0.15, -0.1) is 11.3 Å². The number of hydrogen-bond acceptors (Lipinski definition) is 7. The van der Waals surface area contributed by atoms with Crippen LogP contribution in [0.25, 0.3) is 15.9 Å². The molecule has 38 heavy (non-hydrogen) atoms. The summed E-state index contributed by atoms with van der Waals surface area (Å²) in [6.45, 7) is 6.79. The van der Waals surface area contributed by atoms with E-state index in [4.69, 9.17) is 4.98 Å². The second kappa shape index (κ2) is 10.3. The molecular weight excluding hydrogens is 520 g/mol. The molecule has 0 bridgehead atoms. The summed E-state index contributed by atoms with van der Waals surface area (Å²) in [5.74, 6) is 0.0596. The summed E-state index contributed by atoms with van der Waals surface area (Å²) in [4.78, 5) is 44.3. The summed E-state index contributed by atoms with van der Waals surface area (Å²) in [6, 6.07) is 15.3. The highest BCUT2D eigenvalue weighted by atomic mass is 32.2. The van der Waals surface area contributed by atoms with Crippen molar-refractivity contribution >= 4 is 50.6 Å². The first kappa shape index (κ1) is 26.1. The van der Waals surface area contributed by atoms with E-state index in [1.807, 2.05) is 30.3 Å². The van der Waals surface area contributed by atoms with Crippen molar-refractivity contribution in [3.05, 3.63) is 85.5 Å². The van der Waals surface area contributed by atoms with Gasteiger partial charge in [0.15, 0.2) is 5.16 Å². The number of fused-ring (bicyclic) bond motifs is 3. The van der Waals surface area contributed by atoms with Crippen molar-refractivity contribution in [3.63, 3.8) is 0 Å². The number of carbonyl (C=O) groups is 1. The normalized spacial score (nSPS) is 15.3. The fourth-order valence-electron chi connectivity index (χ4n) is 4.90. The van der Waals surface area contributed by atoms with Gasteiger partial charge in [-0.2, -0.15) is 0 Å². The van der Waals surface area contributed by atoms with Crippen LogP contribution in [0.1, 0.15) is 37.6 Å². The Kier molecular flexibility index (Phi) is 7.11. The van der Waals surface area contributed by atoms with Gasteiger partial charge in [-0.3, -0.25) is 24.3 Å². The second-order valence-electron chi connectivity index (χ2n) is 10.5. The van der Waals surface area contributed by atoms with Gasteiger partial charge < -0.3 is 5.32 Å². The molecule has 0 spiro atoms. The van der Waals surface area contributed by atoms with Crippen molar-refractivity contribution < 1.29 is 9.72 Å². The van der Waals surface area contributed by atoms with Crippen LogP contribution in [0.3, 0.4) is 0 Å². The van der Waals surface area contributed by atoms with Crippen molar-refractivity contribution in [3.8, 4) is 5.69 Å². The van der Waals surface area contributed by atoms with E-state index in [1.54, 1.807) is 28.0 Å². The van der Waals surface area contributed by atoms with Crippen LogP contribution in [0.2, 0.25) is 0 Å². The van der Waals surface area contributed by atoms with E-state index < -0.39 is 10.8 Å². The van der Waals surface area contributed by atoms with Gasteiger partial charge in [0, 0.05) is 10.9 Å². The number of nitrogens with zero attached hydrogens (tertiary/aromatic N) is 3. The Labute approximate surface area is 228 Å². The van der Waals surface area contributed by atoms with Crippen LogP contribution in [-0.4, -0.2) is 26.1 Å². The number of nitro benzene ring substituents is 1. The molecule has 1 atom stereocenters. The van der Waals surface area contributed by atoms with E-state index in [0.717, 1.165) is 36.6 Å². The minimum Gasteiger partial charge on any atom is -0.320 e. The van der Waals surface area contributed by atoms with Crippen molar-refractivity contribution in [2.45, 2.75) is 45.2 Å². The molecule has 0 fully saturated rings. The zero-order valence-corrected chi connectivity index (χ0v) is 23.0. The topological polar surface area (TPSA) is 107 Å². The van der Waals surface area contributed by atoms with Crippen LogP contribution in [0.15, 0.2) is 64.5 Å². The molecule has 2 aromatic carbocycles. The average molecular weight is 549 g/mol. The van der Waals surface area contributed by atoms with Crippen molar-refractivity contribution in [1.29, 1.82) is 0 Å². The maximum atomic E-state index is 14.0. The molecule has 4 aromatic rings. The largest absolute Gasteiger partial charge is 0.320 e. The lowest BCUT2D eigenvalue weighted by molar-refractivity contribution is -0.383. The number of aromatic nitrogens is 2. The number of nitrogens with one attached hydrogen (secondary N) is 1. The third-order valence-corrected chi connectivity index (χ3v) is 9.09. The molecule has 1 aliphatic carbocycles. The molecule has 1 amide bonds. The molecule has 1 aliphatic rings. The molecule has 1 unspecified atom stereocenters. The van der Waals surface area contributed by atoms with Crippen LogP contribution >= 0.6 is 23.1 Å². The highest BCUT2D eigenvalue weighted by molar-refractivity contribution is 7.99. The lowest BCUT2D eigenvalue weighted by atomic mass is 9.72. The Hall–Kier alpha value is -3.50. The van der Waals surface area contributed by atoms with E-state index in [9.17, 15) is 19.7 Å². The first-order valence-electron chi connectivity index (χ1n) is 12.4. The summed E-state index contributed by atoms with van der Waals surface area (Å²) >= 11 is 2.72. The van der Waals surface area contributed by atoms with E-state index in [1.165, 1.54) is 17.0 Å². The van der Waals surface area contributed by atoms with Gasteiger partial charge in [0.1, 0.15) is 10.5 Å². The number of aryl methyl sites for hydroxylation is 1. The molecule has 5 rings (SSSR count). The zero-order valence-electron chi connectivity index (χ0n) is 21.4. The van der Waals surface area contributed by atoms with Crippen molar-refractivity contribution in [2.24, 2.45) is 11.3 Å². The SMILES string of the molecule is CC(C)(C)C1CCc2c(sc3nc(SCC(=O)Nc4ccccc4[N+](=O)[O-])n(-c4ccccc4)c(=O)c23)C1. The van der Waals surface area contributed by atoms with Gasteiger partial charge >= 0.3 is 0 Å². The molecular formula is C28H28N4O4S2. The van der Waals surface area contributed by atoms with Gasteiger partial charge in [-0.05, 0) is 54.4 Å². The van der Waals surface area contributed by atoms with E-state index in [0.29, 0.717) is 27.0 Å². The predicted octanol–water partition coefficient (Wildman–Crippen LogP) is 6.24. The van der Waals surface area contributed by atoms with Crippen LogP contribution < -0.4 is 10.9 Å². The Morgan fingerprint density at radius 3 is 2.61 bits per heavy atom. The van der Waals surface area contributed by atoms with E-state index in [2.05, 4.69) is 26.1 Å². The summed E-state index contributed by atoms with van der Waals surface area (Å²) < 4.78 is 1.58. The number of amides is 1. The minimum atomic E-state index is -0.534. The third kappa shape index (κ3) is 5.10. The molecule has 196 valence electrons. The highest BCUT2D eigenvalue weighted by Crippen LogP contribution is 2.42. The molecule has 2 aromatic heterocycles. The third-order valence-electron chi connectivity index (χ3n) is 7.00. The first-order chi connectivity index (χ1) is 18.1. The number of thioether (sulfide) groups is 1. The molecule has 0 saturated heterocycles. The second-order valence-corrected chi connectivity index (χ2v) is 12.5. The highest BCUT2D eigenvalue weighted by Gasteiger charge is 2.32. The first-order valence-corrected chi connectivity index (χ1v) is 14.2. The Morgan fingerprint density at radius 2 is 1.89 bits per heavy atom. The molecule has 1 N–H and O–H groups in total. The minimum absolute atomic E-state index is 0.0615. The van der Waals surface area contributed by atoms with Gasteiger partial charge in [-0.25, -0.2) is 4.98 Å². The molecule has 2 heterocycles. The molecule has 0 aliphatic heterocycles. The van der Waals surface area contributed by atoms with Crippen LogP contribution in [-0.2, 0) is 17.6 Å². The van der Waals surface area contributed by atoms with Crippen LogP contribution in [0.4, 0.5) is 11.4 Å². The number of carbonyl (C=O) groups excluding carboxylic acids is 1. The fraction of sp³-hybridized carbons (Fsp3) is 0.321. The molecule has 0 saturated carbocycles. The smallest absolute Gasteiger partial charge is 0.292 e. The van der Waals surface area contributed by atoms with Crippen LogP contribution in [0.5, 0.6) is 0 Å².